The van der Waals surface area contributed by atoms with Crippen molar-refractivity contribution in [2.45, 2.75) is 26.8 Å². The first-order chi connectivity index (χ1) is 20.3. The van der Waals surface area contributed by atoms with E-state index in [2.05, 4.69) is 25.3 Å². The fourth-order valence-electron chi connectivity index (χ4n) is 4.60. The average Bonchev–Trinajstić information content (AvgIpc) is 2.95. The lowest BCUT2D eigenvalue weighted by atomic mass is 10.0. The van der Waals surface area contributed by atoms with E-state index in [-0.39, 0.29) is 22.1 Å². The van der Waals surface area contributed by atoms with Gasteiger partial charge in [-0.3, -0.25) is 29.1 Å². The van der Waals surface area contributed by atoms with Crippen LogP contribution in [-0.4, -0.2) is 50.1 Å². The van der Waals surface area contributed by atoms with Gasteiger partial charge in [-0.15, -0.1) is 0 Å². The molecule has 0 spiro atoms. The van der Waals surface area contributed by atoms with Crippen molar-refractivity contribution in [2.24, 2.45) is 7.05 Å². The maximum Gasteiger partial charge on any atom is 0.285 e. The number of hydrogen-bond acceptors (Lipinski definition) is 10. The van der Waals surface area contributed by atoms with Gasteiger partial charge in [0.25, 0.3) is 11.5 Å². The van der Waals surface area contributed by atoms with Crippen molar-refractivity contribution >= 4 is 44.1 Å². The van der Waals surface area contributed by atoms with Crippen molar-refractivity contribution in [1.82, 2.24) is 34.2 Å². The molecule has 0 fully saturated rings. The van der Waals surface area contributed by atoms with Gasteiger partial charge in [0.15, 0.2) is 5.69 Å². The van der Waals surface area contributed by atoms with Crippen molar-refractivity contribution in [2.75, 3.05) is 11.6 Å². The Morgan fingerprint density at radius 3 is 2.37 bits per heavy atom. The molecule has 1 atom stereocenters. The molecule has 0 saturated heterocycles. The summed E-state index contributed by atoms with van der Waals surface area (Å²) in [6.45, 7) is 5.56. The normalized spacial score (nSPS) is 12.2. The Morgan fingerprint density at radius 2 is 1.72 bits per heavy atom. The summed E-state index contributed by atoms with van der Waals surface area (Å²) in [5.74, 6) is -0.527. The second-order valence-corrected chi connectivity index (χ2v) is 12.3. The van der Waals surface area contributed by atoms with Crippen molar-refractivity contribution in [3.05, 3.63) is 93.0 Å². The number of sulfonamides is 1. The van der Waals surface area contributed by atoms with Crippen LogP contribution in [0.25, 0.3) is 33.7 Å². The van der Waals surface area contributed by atoms with Crippen LogP contribution in [0.4, 0.5) is 5.69 Å². The highest BCUT2D eigenvalue weighted by atomic mass is 35.5. The fourth-order valence-corrected chi connectivity index (χ4v) is 5.18. The Bertz CT molecular complexity index is 2050. The molecule has 12 nitrogen and oxygen atoms in total. The highest BCUT2D eigenvalue weighted by Gasteiger charge is 2.22. The molecule has 1 aromatic carbocycles. The highest BCUT2D eigenvalue weighted by Crippen LogP contribution is 2.29. The van der Waals surface area contributed by atoms with Crippen LogP contribution in [0, 0.1) is 13.8 Å². The minimum absolute atomic E-state index is 0.0155. The van der Waals surface area contributed by atoms with Crippen LogP contribution in [0.3, 0.4) is 0 Å². The number of aryl methyl sites for hydroxylation is 2. The number of hydrogen-bond donors (Lipinski definition) is 2. The summed E-state index contributed by atoms with van der Waals surface area (Å²) in [7, 11) is -2.19. The molecule has 4 heterocycles. The number of amides is 1. The number of pyridine rings is 2. The molecular weight excluding hydrogens is 592 g/mol. The van der Waals surface area contributed by atoms with E-state index < -0.39 is 22.0 Å². The van der Waals surface area contributed by atoms with Crippen LogP contribution in [0.5, 0.6) is 0 Å². The van der Waals surface area contributed by atoms with Gasteiger partial charge < -0.3 is 5.32 Å². The van der Waals surface area contributed by atoms with Crippen molar-refractivity contribution in [3.63, 3.8) is 0 Å². The summed E-state index contributed by atoms with van der Waals surface area (Å²) in [4.78, 5) is 48.4. The van der Waals surface area contributed by atoms with Crippen LogP contribution in [0.1, 0.15) is 40.3 Å². The van der Waals surface area contributed by atoms with E-state index in [1.807, 2.05) is 37.6 Å². The molecule has 4 aromatic heterocycles. The summed E-state index contributed by atoms with van der Waals surface area (Å²) < 4.78 is 26.8. The van der Waals surface area contributed by atoms with E-state index in [1.165, 1.54) is 16.7 Å². The monoisotopic (exact) mass is 618 g/mol. The lowest BCUT2D eigenvalue weighted by Crippen LogP contribution is -2.31. The number of carbonyl (C=O) groups is 1. The van der Waals surface area contributed by atoms with Crippen LogP contribution in [0.15, 0.2) is 59.8 Å². The maximum atomic E-state index is 13.6. The van der Waals surface area contributed by atoms with Gasteiger partial charge >= 0.3 is 0 Å². The summed E-state index contributed by atoms with van der Waals surface area (Å²) in [6.07, 6.45) is 5.82. The number of nitrogens with one attached hydrogen (secondary N) is 2. The molecule has 0 aliphatic rings. The number of aromatic nitrogens is 6. The third-order valence-electron chi connectivity index (χ3n) is 6.61. The molecular formula is C29H27ClN8O4S. The number of rotatable bonds is 7. The van der Waals surface area contributed by atoms with Crippen LogP contribution < -0.4 is 15.6 Å². The van der Waals surface area contributed by atoms with Crippen molar-refractivity contribution < 1.29 is 13.2 Å². The smallest absolute Gasteiger partial charge is 0.285 e. The molecule has 0 unspecified atom stereocenters. The molecule has 0 aliphatic heterocycles. The number of halogens is 1. The second-order valence-electron chi connectivity index (χ2n) is 10.1. The second kappa shape index (κ2) is 11.5. The topological polar surface area (TPSA) is 162 Å². The Morgan fingerprint density at radius 1 is 0.977 bits per heavy atom. The quantitative estimate of drug-likeness (QED) is 0.255. The summed E-state index contributed by atoms with van der Waals surface area (Å²) in [5.41, 5.74) is 4.44. The first-order valence-corrected chi connectivity index (χ1v) is 15.3. The zero-order valence-corrected chi connectivity index (χ0v) is 25.4. The summed E-state index contributed by atoms with van der Waals surface area (Å²) >= 11 is 6.02. The molecule has 220 valence electrons. The minimum atomic E-state index is -3.85. The Hall–Kier alpha value is -4.75. The highest BCUT2D eigenvalue weighted by molar-refractivity contribution is 7.89. The van der Waals surface area contributed by atoms with E-state index in [4.69, 9.17) is 16.6 Å². The van der Waals surface area contributed by atoms with Gasteiger partial charge in [0.1, 0.15) is 16.7 Å². The molecule has 2 N–H and O–H groups in total. The summed E-state index contributed by atoms with van der Waals surface area (Å²) in [5, 5.41) is 3.64. The number of nitrogens with zero attached hydrogens (tertiary/aromatic N) is 6. The third-order valence-corrected chi connectivity index (χ3v) is 7.38. The van der Waals surface area contributed by atoms with Crippen LogP contribution in [0.2, 0.25) is 5.15 Å². The number of anilines is 1. The van der Waals surface area contributed by atoms with E-state index in [9.17, 15) is 18.0 Å². The van der Waals surface area contributed by atoms with E-state index in [0.29, 0.717) is 39.2 Å². The van der Waals surface area contributed by atoms with E-state index in [1.54, 1.807) is 37.8 Å². The predicted octanol–water partition coefficient (Wildman–Crippen LogP) is 3.98. The Balaban J connectivity index is 1.57. The zero-order chi connectivity index (χ0) is 31.1. The van der Waals surface area contributed by atoms with Crippen molar-refractivity contribution in [3.8, 4) is 22.8 Å². The lowest BCUT2D eigenvalue weighted by molar-refractivity contribution is 0.0977. The molecule has 0 bridgehead atoms. The molecule has 1 amide bonds. The zero-order valence-electron chi connectivity index (χ0n) is 23.9. The van der Waals surface area contributed by atoms with Gasteiger partial charge in [0, 0.05) is 30.6 Å². The van der Waals surface area contributed by atoms with Crippen molar-refractivity contribution in [1.29, 1.82) is 0 Å². The van der Waals surface area contributed by atoms with Gasteiger partial charge in [-0.25, -0.2) is 23.1 Å². The molecule has 0 aliphatic carbocycles. The number of fused-ring (bicyclic) bond motifs is 1. The Kier molecular flexibility index (Phi) is 7.95. The first kappa shape index (κ1) is 29.7. The van der Waals surface area contributed by atoms with E-state index in [0.717, 1.165) is 17.5 Å². The Labute approximate surface area is 252 Å². The van der Waals surface area contributed by atoms with Gasteiger partial charge in [-0.05, 0) is 56.7 Å². The standard InChI is InChI=1S/C29H27ClN8O4S/c1-15-10-19(17(3)34-22-8-9-24(30)35-26(22)28(39)37-43(5,41)42)25-20(11-15)29(40)38(4)27(36-25)18-6-7-21(33-13-18)23-14-31-16(2)12-32-23/h6-14,17,34H,1-5H3,(H,37,39)/t17-/m1/s1. The third kappa shape index (κ3) is 6.37. The van der Waals surface area contributed by atoms with Crippen LogP contribution in [-0.2, 0) is 17.1 Å². The predicted molar refractivity (Wildman–Crippen MR) is 164 cm³/mol. The van der Waals surface area contributed by atoms with Crippen LogP contribution >= 0.6 is 11.6 Å². The minimum Gasteiger partial charge on any atom is -0.377 e. The molecule has 0 radical (unpaired) electrons. The maximum absolute atomic E-state index is 13.6. The first-order valence-electron chi connectivity index (χ1n) is 13.0. The molecule has 5 aromatic rings. The number of benzene rings is 1. The molecule has 5 rings (SSSR count). The SMILES string of the molecule is Cc1cc([C@@H](C)Nc2ccc(Cl)nc2C(=O)NS(C)(=O)=O)c2nc(-c3ccc(-c4cnc(C)cn4)nc3)n(C)c(=O)c2c1. The molecule has 14 heteroatoms. The summed E-state index contributed by atoms with van der Waals surface area (Å²) in [6, 6.07) is 9.80. The van der Waals surface area contributed by atoms with Gasteiger partial charge in [-0.2, -0.15) is 0 Å². The fraction of sp³-hybridized carbons (Fsp3) is 0.207. The van der Waals surface area contributed by atoms with Gasteiger partial charge in [0.05, 0.1) is 46.5 Å². The average molecular weight is 619 g/mol. The lowest BCUT2D eigenvalue weighted by Gasteiger charge is -2.20. The molecule has 0 saturated carbocycles. The van der Waals surface area contributed by atoms with E-state index >= 15 is 0 Å². The molecule has 43 heavy (non-hydrogen) atoms. The largest absolute Gasteiger partial charge is 0.377 e. The number of carbonyl (C=O) groups excluding carboxylic acids is 1. The van der Waals surface area contributed by atoms with Gasteiger partial charge in [-0.1, -0.05) is 17.7 Å². The van der Waals surface area contributed by atoms with Gasteiger partial charge in [0.2, 0.25) is 10.0 Å².